The number of rotatable bonds is 5. The van der Waals surface area contributed by atoms with Gasteiger partial charge in [0.25, 0.3) is 0 Å². The van der Waals surface area contributed by atoms with Crippen LogP contribution in [0.1, 0.15) is 26.7 Å². The van der Waals surface area contributed by atoms with E-state index < -0.39 is 7.37 Å². The SMILES string of the molecule is CCC(C)CCOP(C)(C)=O. The number of hydrogen-bond acceptors (Lipinski definition) is 2. The van der Waals surface area contributed by atoms with Crippen LogP contribution in [0.3, 0.4) is 0 Å². The van der Waals surface area contributed by atoms with Crippen molar-refractivity contribution in [3.05, 3.63) is 0 Å². The third-order valence-corrected chi connectivity index (χ3v) is 2.51. The molecule has 0 aromatic heterocycles. The zero-order valence-electron chi connectivity index (χ0n) is 7.96. The van der Waals surface area contributed by atoms with Crippen LogP contribution >= 0.6 is 7.37 Å². The van der Waals surface area contributed by atoms with Crippen LogP contribution in [-0.2, 0) is 9.09 Å². The molecule has 0 N–H and O–H groups in total. The van der Waals surface area contributed by atoms with E-state index in [4.69, 9.17) is 4.52 Å². The fourth-order valence-electron chi connectivity index (χ4n) is 0.678. The van der Waals surface area contributed by atoms with E-state index in [2.05, 4.69) is 13.8 Å². The highest BCUT2D eigenvalue weighted by atomic mass is 31.2. The first-order valence-electron chi connectivity index (χ1n) is 4.15. The molecule has 0 spiro atoms. The predicted molar refractivity (Wildman–Crippen MR) is 49.5 cm³/mol. The minimum atomic E-state index is -2.23. The molecule has 0 fully saturated rings. The van der Waals surface area contributed by atoms with Crippen molar-refractivity contribution in [2.45, 2.75) is 26.7 Å². The van der Waals surface area contributed by atoms with E-state index in [0.29, 0.717) is 12.5 Å². The molecule has 0 saturated carbocycles. The van der Waals surface area contributed by atoms with E-state index in [1.54, 1.807) is 13.3 Å². The molecule has 0 radical (unpaired) electrons. The lowest BCUT2D eigenvalue weighted by Gasteiger charge is -2.10. The Hall–Kier alpha value is 0.190. The van der Waals surface area contributed by atoms with E-state index in [-0.39, 0.29) is 0 Å². The summed E-state index contributed by atoms with van der Waals surface area (Å²) in [5.74, 6) is 0.682. The molecule has 0 aliphatic rings. The van der Waals surface area contributed by atoms with Crippen molar-refractivity contribution in [3.63, 3.8) is 0 Å². The maximum Gasteiger partial charge on any atom is 0.197 e. The highest BCUT2D eigenvalue weighted by molar-refractivity contribution is 7.57. The van der Waals surface area contributed by atoms with Crippen LogP contribution in [0, 0.1) is 5.92 Å². The van der Waals surface area contributed by atoms with Gasteiger partial charge in [-0.25, -0.2) is 0 Å². The molecule has 0 saturated heterocycles. The molecule has 68 valence electrons. The third kappa shape index (κ3) is 8.09. The van der Waals surface area contributed by atoms with Crippen LogP contribution in [0.5, 0.6) is 0 Å². The van der Waals surface area contributed by atoms with Gasteiger partial charge < -0.3 is 4.52 Å². The van der Waals surface area contributed by atoms with Crippen LogP contribution in [0.25, 0.3) is 0 Å². The minimum Gasteiger partial charge on any atom is -0.329 e. The lowest BCUT2D eigenvalue weighted by Crippen LogP contribution is -1.98. The summed E-state index contributed by atoms with van der Waals surface area (Å²) in [5.41, 5.74) is 0. The molecular formula is C8H19O2P. The van der Waals surface area contributed by atoms with Crippen molar-refractivity contribution < 1.29 is 9.09 Å². The maximum absolute atomic E-state index is 11.1. The second-order valence-corrected chi connectivity index (χ2v) is 6.15. The van der Waals surface area contributed by atoms with Crippen molar-refractivity contribution >= 4 is 7.37 Å². The summed E-state index contributed by atoms with van der Waals surface area (Å²) in [6.07, 6.45) is 2.18. The van der Waals surface area contributed by atoms with Crippen molar-refractivity contribution in [2.75, 3.05) is 19.9 Å². The van der Waals surface area contributed by atoms with E-state index >= 15 is 0 Å². The first-order valence-corrected chi connectivity index (χ1v) is 6.67. The molecule has 0 aliphatic heterocycles. The van der Waals surface area contributed by atoms with Crippen LogP contribution in [0.4, 0.5) is 0 Å². The van der Waals surface area contributed by atoms with Crippen LogP contribution in [0.2, 0.25) is 0 Å². The van der Waals surface area contributed by atoms with Crippen molar-refractivity contribution in [2.24, 2.45) is 5.92 Å². The summed E-state index contributed by atoms with van der Waals surface area (Å²) < 4.78 is 16.2. The zero-order valence-corrected chi connectivity index (χ0v) is 8.86. The van der Waals surface area contributed by atoms with E-state index in [1.165, 1.54) is 6.42 Å². The average molecular weight is 178 g/mol. The Morgan fingerprint density at radius 2 is 2.00 bits per heavy atom. The molecule has 0 heterocycles. The van der Waals surface area contributed by atoms with Gasteiger partial charge in [-0.1, -0.05) is 20.3 Å². The average Bonchev–Trinajstić information content (AvgIpc) is 1.85. The summed E-state index contributed by atoms with van der Waals surface area (Å²) in [5, 5.41) is 0. The normalized spacial score (nSPS) is 14.9. The molecule has 0 rings (SSSR count). The third-order valence-electron chi connectivity index (χ3n) is 1.71. The van der Waals surface area contributed by atoms with Gasteiger partial charge in [0, 0.05) is 13.3 Å². The fourth-order valence-corrected chi connectivity index (χ4v) is 1.22. The monoisotopic (exact) mass is 178 g/mol. The lowest BCUT2D eigenvalue weighted by atomic mass is 10.1. The summed E-state index contributed by atoms with van der Waals surface area (Å²) in [6, 6.07) is 0. The van der Waals surface area contributed by atoms with Gasteiger partial charge in [0.05, 0.1) is 6.61 Å². The highest BCUT2D eigenvalue weighted by Gasteiger charge is 2.07. The van der Waals surface area contributed by atoms with Gasteiger partial charge in [0.15, 0.2) is 7.37 Å². The summed E-state index contributed by atoms with van der Waals surface area (Å²) in [4.78, 5) is 0. The molecular weight excluding hydrogens is 159 g/mol. The van der Waals surface area contributed by atoms with E-state index in [1.807, 2.05) is 0 Å². The van der Waals surface area contributed by atoms with Gasteiger partial charge in [-0.2, -0.15) is 0 Å². The van der Waals surface area contributed by atoms with Gasteiger partial charge >= 0.3 is 0 Å². The van der Waals surface area contributed by atoms with Gasteiger partial charge in [-0.15, -0.1) is 0 Å². The topological polar surface area (TPSA) is 26.3 Å². The van der Waals surface area contributed by atoms with Gasteiger partial charge in [-0.3, -0.25) is 4.57 Å². The molecule has 1 unspecified atom stereocenters. The first kappa shape index (κ1) is 11.2. The summed E-state index contributed by atoms with van der Waals surface area (Å²) in [7, 11) is -2.23. The van der Waals surface area contributed by atoms with E-state index in [9.17, 15) is 4.57 Å². The predicted octanol–water partition coefficient (Wildman–Crippen LogP) is 2.98. The first-order chi connectivity index (χ1) is 4.95. The smallest absolute Gasteiger partial charge is 0.197 e. The molecule has 1 atom stereocenters. The molecule has 0 bridgehead atoms. The fraction of sp³-hybridized carbons (Fsp3) is 1.00. The van der Waals surface area contributed by atoms with Gasteiger partial charge in [0.2, 0.25) is 0 Å². The van der Waals surface area contributed by atoms with Gasteiger partial charge in [-0.05, 0) is 12.3 Å². The molecule has 0 aromatic carbocycles. The van der Waals surface area contributed by atoms with E-state index in [0.717, 1.165) is 6.42 Å². The zero-order chi connectivity index (χ0) is 8.91. The molecule has 11 heavy (non-hydrogen) atoms. The Kier molecular flexibility index (Phi) is 5.03. The van der Waals surface area contributed by atoms with Crippen molar-refractivity contribution in [1.82, 2.24) is 0 Å². The highest BCUT2D eigenvalue weighted by Crippen LogP contribution is 2.37. The maximum atomic E-state index is 11.1. The second kappa shape index (κ2) is 4.95. The molecule has 0 amide bonds. The molecule has 2 nitrogen and oxygen atoms in total. The standard InChI is InChI=1S/C8H19O2P/c1-5-8(2)6-7-10-11(3,4)9/h8H,5-7H2,1-4H3. The van der Waals surface area contributed by atoms with Crippen LogP contribution in [0.15, 0.2) is 0 Å². The quantitative estimate of drug-likeness (QED) is 0.605. The summed E-state index contributed by atoms with van der Waals surface area (Å²) >= 11 is 0. The Balaban J connectivity index is 3.35. The van der Waals surface area contributed by atoms with Gasteiger partial charge in [0.1, 0.15) is 0 Å². The van der Waals surface area contributed by atoms with Crippen LogP contribution in [-0.4, -0.2) is 19.9 Å². The lowest BCUT2D eigenvalue weighted by molar-refractivity contribution is 0.286. The molecule has 0 aliphatic carbocycles. The Morgan fingerprint density at radius 3 is 2.36 bits per heavy atom. The Labute approximate surface area is 69.8 Å². The van der Waals surface area contributed by atoms with Crippen LogP contribution < -0.4 is 0 Å². The summed E-state index contributed by atoms with van der Waals surface area (Å²) in [6.45, 7) is 8.29. The largest absolute Gasteiger partial charge is 0.329 e. The number of hydrogen-bond donors (Lipinski definition) is 0. The van der Waals surface area contributed by atoms with Crippen molar-refractivity contribution in [1.29, 1.82) is 0 Å². The molecule has 3 heteroatoms. The second-order valence-electron chi connectivity index (χ2n) is 3.39. The van der Waals surface area contributed by atoms with Crippen molar-refractivity contribution in [3.8, 4) is 0 Å². The molecule has 0 aromatic rings. The Bertz CT molecular complexity index is 139. The minimum absolute atomic E-state index is 0.638. The Morgan fingerprint density at radius 1 is 1.45 bits per heavy atom.